The minimum absolute atomic E-state index is 0.201. The number of hydrogen-bond donors (Lipinski definition) is 1. The molecule has 3 aromatic rings. The first-order valence-corrected chi connectivity index (χ1v) is 7.93. The van der Waals surface area contributed by atoms with Gasteiger partial charge in [-0.1, -0.05) is 12.1 Å². The zero-order valence-electron chi connectivity index (χ0n) is 12.1. The zero-order valence-corrected chi connectivity index (χ0v) is 12.9. The van der Waals surface area contributed by atoms with Gasteiger partial charge in [0.15, 0.2) is 0 Å². The summed E-state index contributed by atoms with van der Waals surface area (Å²) in [5, 5.41) is 0. The molecule has 6 heteroatoms. The lowest BCUT2D eigenvalue weighted by molar-refractivity contribution is -0.139. The maximum atomic E-state index is 11.4. The maximum absolute atomic E-state index is 11.4. The summed E-state index contributed by atoms with van der Waals surface area (Å²) in [6.07, 6.45) is 3.46. The van der Waals surface area contributed by atoms with Gasteiger partial charge in [-0.05, 0) is 25.1 Å². The second-order valence-electron chi connectivity index (χ2n) is 4.60. The van der Waals surface area contributed by atoms with Crippen molar-refractivity contribution in [1.82, 2.24) is 15.0 Å². The number of carbonyl (C=O) groups excluding carboxylic acids is 1. The highest BCUT2D eigenvalue weighted by Gasteiger charge is 2.07. The molecule has 22 heavy (non-hydrogen) atoms. The van der Waals surface area contributed by atoms with Gasteiger partial charge in [-0.3, -0.25) is 9.78 Å². The molecule has 1 aromatic carbocycles. The lowest BCUT2D eigenvalue weighted by atomic mass is 10.2. The SMILES string of the molecule is CCOC(=O)CSc1cccc(-c2nc3cnccc3[nH]2)c1. The van der Waals surface area contributed by atoms with Gasteiger partial charge in [0.05, 0.1) is 24.1 Å². The number of thioether (sulfide) groups is 1. The van der Waals surface area contributed by atoms with E-state index in [1.54, 1.807) is 19.3 Å². The highest BCUT2D eigenvalue weighted by Crippen LogP contribution is 2.25. The van der Waals surface area contributed by atoms with Gasteiger partial charge in [-0.2, -0.15) is 0 Å². The molecule has 0 bridgehead atoms. The number of H-pyrrole nitrogens is 1. The quantitative estimate of drug-likeness (QED) is 0.578. The molecule has 112 valence electrons. The molecule has 0 radical (unpaired) electrons. The average Bonchev–Trinajstić information content (AvgIpc) is 2.98. The fraction of sp³-hybridized carbons (Fsp3) is 0.188. The van der Waals surface area contributed by atoms with E-state index >= 15 is 0 Å². The van der Waals surface area contributed by atoms with Crippen molar-refractivity contribution in [2.45, 2.75) is 11.8 Å². The second-order valence-corrected chi connectivity index (χ2v) is 5.65. The highest BCUT2D eigenvalue weighted by molar-refractivity contribution is 8.00. The molecule has 2 aromatic heterocycles. The fourth-order valence-electron chi connectivity index (χ4n) is 2.07. The summed E-state index contributed by atoms with van der Waals surface area (Å²) in [6.45, 7) is 2.21. The van der Waals surface area contributed by atoms with Crippen LogP contribution in [0.4, 0.5) is 0 Å². The number of ether oxygens (including phenoxy) is 1. The van der Waals surface area contributed by atoms with Crippen molar-refractivity contribution in [3.8, 4) is 11.4 Å². The van der Waals surface area contributed by atoms with Crippen molar-refractivity contribution < 1.29 is 9.53 Å². The number of pyridine rings is 1. The van der Waals surface area contributed by atoms with Gasteiger partial charge in [0.2, 0.25) is 0 Å². The number of benzene rings is 1. The predicted molar refractivity (Wildman–Crippen MR) is 86.7 cm³/mol. The van der Waals surface area contributed by atoms with Gasteiger partial charge in [0.25, 0.3) is 0 Å². The lowest BCUT2D eigenvalue weighted by Crippen LogP contribution is -2.06. The molecule has 0 aliphatic rings. The Kier molecular flexibility index (Phi) is 4.39. The second kappa shape index (κ2) is 6.62. The molecule has 0 unspecified atom stereocenters. The molecule has 0 amide bonds. The molecule has 0 spiro atoms. The van der Waals surface area contributed by atoms with Gasteiger partial charge in [0, 0.05) is 16.7 Å². The van der Waals surface area contributed by atoms with Gasteiger partial charge in [-0.15, -0.1) is 11.8 Å². The van der Waals surface area contributed by atoms with E-state index in [0.717, 1.165) is 27.3 Å². The smallest absolute Gasteiger partial charge is 0.316 e. The Balaban J connectivity index is 1.80. The number of nitrogens with zero attached hydrogens (tertiary/aromatic N) is 2. The van der Waals surface area contributed by atoms with E-state index in [1.165, 1.54) is 11.8 Å². The summed E-state index contributed by atoms with van der Waals surface area (Å²) in [5.74, 6) is 0.899. The average molecular weight is 313 g/mol. The van der Waals surface area contributed by atoms with Gasteiger partial charge < -0.3 is 9.72 Å². The van der Waals surface area contributed by atoms with Crippen LogP contribution in [0.5, 0.6) is 0 Å². The number of hydrogen-bond acceptors (Lipinski definition) is 5. The number of nitrogens with one attached hydrogen (secondary N) is 1. The van der Waals surface area contributed by atoms with E-state index in [0.29, 0.717) is 12.4 Å². The van der Waals surface area contributed by atoms with Crippen LogP contribution in [0.25, 0.3) is 22.4 Å². The molecule has 0 saturated heterocycles. The first kappa shape index (κ1) is 14.6. The maximum Gasteiger partial charge on any atom is 0.316 e. The molecular formula is C16H15N3O2S. The van der Waals surface area contributed by atoms with Gasteiger partial charge >= 0.3 is 5.97 Å². The van der Waals surface area contributed by atoms with Crippen LogP contribution in [0.2, 0.25) is 0 Å². The van der Waals surface area contributed by atoms with Crippen molar-refractivity contribution in [2.24, 2.45) is 0 Å². The molecule has 1 N–H and O–H groups in total. The number of rotatable bonds is 5. The van der Waals surface area contributed by atoms with Crippen LogP contribution in [-0.2, 0) is 9.53 Å². The molecule has 0 fully saturated rings. The Bertz CT molecular complexity index is 768. The van der Waals surface area contributed by atoms with Crippen LogP contribution < -0.4 is 0 Å². The molecule has 0 aliphatic heterocycles. The molecule has 0 aliphatic carbocycles. The summed E-state index contributed by atoms with van der Waals surface area (Å²) in [6, 6.07) is 9.81. The molecule has 0 atom stereocenters. The molecule has 5 nitrogen and oxygen atoms in total. The Morgan fingerprint density at radius 2 is 2.27 bits per heavy atom. The number of esters is 1. The van der Waals surface area contributed by atoms with Crippen molar-refractivity contribution in [1.29, 1.82) is 0 Å². The normalized spacial score (nSPS) is 10.8. The standard InChI is InChI=1S/C16H15N3O2S/c1-2-21-15(20)10-22-12-5-3-4-11(8-12)16-18-13-6-7-17-9-14(13)19-16/h3-9H,2,10H2,1H3,(H,18,19). The van der Waals surface area contributed by atoms with E-state index in [-0.39, 0.29) is 5.97 Å². The molecule has 3 rings (SSSR count). The summed E-state index contributed by atoms with van der Waals surface area (Å²) in [4.78, 5) is 24.3. The van der Waals surface area contributed by atoms with E-state index in [4.69, 9.17) is 4.74 Å². The van der Waals surface area contributed by atoms with E-state index in [9.17, 15) is 4.79 Å². The minimum atomic E-state index is -0.201. The van der Waals surface area contributed by atoms with Crippen LogP contribution in [0.3, 0.4) is 0 Å². The summed E-state index contributed by atoms with van der Waals surface area (Å²) in [7, 11) is 0. The predicted octanol–water partition coefficient (Wildman–Crippen LogP) is 3.28. The highest BCUT2D eigenvalue weighted by atomic mass is 32.2. The number of aromatic amines is 1. The van der Waals surface area contributed by atoms with Crippen molar-refractivity contribution >= 4 is 28.8 Å². The van der Waals surface area contributed by atoms with E-state index < -0.39 is 0 Å². The Hall–Kier alpha value is -2.34. The molecular weight excluding hydrogens is 298 g/mol. The van der Waals surface area contributed by atoms with Gasteiger partial charge in [0.1, 0.15) is 11.3 Å². The monoisotopic (exact) mass is 313 g/mol. The summed E-state index contributed by atoms with van der Waals surface area (Å²) < 4.78 is 4.93. The lowest BCUT2D eigenvalue weighted by Gasteiger charge is -2.03. The van der Waals surface area contributed by atoms with Crippen LogP contribution in [0.1, 0.15) is 6.92 Å². The van der Waals surface area contributed by atoms with E-state index in [2.05, 4.69) is 15.0 Å². The largest absolute Gasteiger partial charge is 0.465 e. The number of carbonyl (C=O) groups is 1. The number of imidazole rings is 1. The number of aromatic nitrogens is 3. The molecule has 0 saturated carbocycles. The summed E-state index contributed by atoms with van der Waals surface area (Å²) >= 11 is 1.46. The Morgan fingerprint density at radius 1 is 1.36 bits per heavy atom. The third-order valence-electron chi connectivity index (χ3n) is 3.05. The first-order valence-electron chi connectivity index (χ1n) is 6.95. The van der Waals surface area contributed by atoms with Crippen molar-refractivity contribution in [3.05, 3.63) is 42.7 Å². The van der Waals surface area contributed by atoms with Gasteiger partial charge in [-0.25, -0.2) is 4.98 Å². The van der Waals surface area contributed by atoms with Crippen LogP contribution in [-0.4, -0.2) is 33.3 Å². The number of fused-ring (bicyclic) bond motifs is 1. The minimum Gasteiger partial charge on any atom is -0.465 e. The summed E-state index contributed by atoms with van der Waals surface area (Å²) in [5.41, 5.74) is 2.77. The van der Waals surface area contributed by atoms with Crippen LogP contribution in [0.15, 0.2) is 47.6 Å². The fourth-order valence-corrected chi connectivity index (χ4v) is 2.82. The first-order chi connectivity index (χ1) is 10.8. The molecule has 2 heterocycles. The Labute approximate surface area is 132 Å². The van der Waals surface area contributed by atoms with Crippen molar-refractivity contribution in [3.63, 3.8) is 0 Å². The third-order valence-corrected chi connectivity index (χ3v) is 4.02. The van der Waals surface area contributed by atoms with Crippen LogP contribution >= 0.6 is 11.8 Å². The van der Waals surface area contributed by atoms with E-state index in [1.807, 2.05) is 30.3 Å². The Morgan fingerprint density at radius 3 is 3.09 bits per heavy atom. The third kappa shape index (κ3) is 3.28. The zero-order chi connectivity index (χ0) is 15.4. The van der Waals surface area contributed by atoms with Crippen LogP contribution in [0, 0.1) is 0 Å². The van der Waals surface area contributed by atoms with Crippen molar-refractivity contribution in [2.75, 3.05) is 12.4 Å². The topological polar surface area (TPSA) is 67.9 Å².